The highest BCUT2D eigenvalue weighted by molar-refractivity contribution is 5.82. The Hall–Kier alpha value is -1.39. The number of fused-ring (bicyclic) bond motifs is 2. The Morgan fingerprint density at radius 1 is 1.12 bits per heavy atom. The summed E-state index contributed by atoms with van der Waals surface area (Å²) in [5.74, 6) is -0.466. The number of likely N-dealkylation sites (N-methyl/N-ethyl adjacent to an activating group) is 1. The Morgan fingerprint density at radius 3 is 2.36 bits per heavy atom. The number of rotatable bonds is 4. The molecular weight excluding hydrogens is 314 g/mol. The molecule has 3 aliphatic rings. The third-order valence-electron chi connectivity index (χ3n) is 7.25. The number of quaternary nitrogens is 1. The fourth-order valence-electron chi connectivity index (χ4n) is 5.64. The van der Waals surface area contributed by atoms with E-state index in [0.717, 1.165) is 43.0 Å². The predicted molar refractivity (Wildman–Crippen MR) is 95.7 cm³/mol. The summed E-state index contributed by atoms with van der Waals surface area (Å²) in [6.45, 7) is 0. The van der Waals surface area contributed by atoms with Gasteiger partial charge in [-0.3, -0.25) is 0 Å². The third-order valence-corrected chi connectivity index (χ3v) is 7.25. The molecule has 1 unspecified atom stereocenters. The average molecular weight is 344 g/mol. The van der Waals surface area contributed by atoms with Crippen LogP contribution in [-0.4, -0.2) is 47.8 Å². The second kappa shape index (κ2) is 6.10. The first-order valence-corrected chi connectivity index (χ1v) is 9.76. The fourth-order valence-corrected chi connectivity index (χ4v) is 5.64. The van der Waals surface area contributed by atoms with Crippen LogP contribution in [0.2, 0.25) is 0 Å². The van der Waals surface area contributed by atoms with Crippen molar-refractivity contribution in [2.75, 3.05) is 14.1 Å². The predicted octanol–water partition coefficient (Wildman–Crippen LogP) is 2.99. The molecule has 4 heteroatoms. The quantitative estimate of drug-likeness (QED) is 0.675. The monoisotopic (exact) mass is 344 g/mol. The zero-order valence-electron chi connectivity index (χ0n) is 15.4. The zero-order valence-corrected chi connectivity index (χ0v) is 15.4. The van der Waals surface area contributed by atoms with E-state index in [1.165, 1.54) is 6.42 Å². The Labute approximate surface area is 150 Å². The third kappa shape index (κ3) is 2.61. The van der Waals surface area contributed by atoms with Crippen molar-refractivity contribution in [1.29, 1.82) is 0 Å². The first-order chi connectivity index (χ1) is 11.9. The van der Waals surface area contributed by atoms with Crippen molar-refractivity contribution < 1.29 is 19.1 Å². The highest BCUT2D eigenvalue weighted by Gasteiger charge is 2.58. The highest BCUT2D eigenvalue weighted by atomic mass is 16.6. The summed E-state index contributed by atoms with van der Waals surface area (Å²) in [4.78, 5) is 13.2. The van der Waals surface area contributed by atoms with Crippen LogP contribution in [-0.2, 0) is 15.1 Å². The first kappa shape index (κ1) is 17.0. The van der Waals surface area contributed by atoms with Gasteiger partial charge in [0.1, 0.15) is 6.04 Å². The summed E-state index contributed by atoms with van der Waals surface area (Å²) in [6.07, 6.45) is 7.13. The van der Waals surface area contributed by atoms with Gasteiger partial charge in [0.05, 0.1) is 20.1 Å². The maximum absolute atomic E-state index is 13.2. The van der Waals surface area contributed by atoms with E-state index in [1.807, 2.05) is 30.3 Å². The molecule has 0 amide bonds. The first-order valence-electron chi connectivity index (χ1n) is 9.76. The van der Waals surface area contributed by atoms with Crippen LogP contribution >= 0.6 is 0 Å². The molecule has 2 heterocycles. The molecule has 4 atom stereocenters. The Morgan fingerprint density at radius 2 is 1.80 bits per heavy atom. The summed E-state index contributed by atoms with van der Waals surface area (Å²) >= 11 is 0. The van der Waals surface area contributed by atoms with E-state index in [-0.39, 0.29) is 12.0 Å². The maximum Gasteiger partial charge on any atom is 0.343 e. The van der Waals surface area contributed by atoms with Crippen LogP contribution in [0.5, 0.6) is 0 Å². The van der Waals surface area contributed by atoms with Gasteiger partial charge in [-0.15, -0.1) is 0 Å². The smallest absolute Gasteiger partial charge is 0.343 e. The van der Waals surface area contributed by atoms with Gasteiger partial charge >= 0.3 is 5.97 Å². The molecule has 0 aromatic heterocycles. The minimum absolute atomic E-state index is 0.0384. The molecule has 1 aromatic rings. The Balaban J connectivity index is 1.59. The van der Waals surface area contributed by atoms with Crippen LogP contribution in [0.25, 0.3) is 0 Å². The molecule has 3 fully saturated rings. The molecule has 2 bridgehead atoms. The van der Waals surface area contributed by atoms with Gasteiger partial charge in [0, 0.05) is 25.2 Å². The molecular formula is C21H30NO3+. The number of hydrogen-bond donors (Lipinski definition) is 1. The van der Waals surface area contributed by atoms with Crippen molar-refractivity contribution in [3.05, 3.63) is 35.9 Å². The van der Waals surface area contributed by atoms with Crippen molar-refractivity contribution >= 4 is 5.97 Å². The average Bonchev–Trinajstić information content (AvgIpc) is 3.30. The van der Waals surface area contributed by atoms with E-state index in [9.17, 15) is 9.90 Å². The molecule has 1 aliphatic carbocycles. The van der Waals surface area contributed by atoms with Crippen LogP contribution < -0.4 is 0 Å². The molecule has 136 valence electrons. The molecule has 2 saturated heterocycles. The van der Waals surface area contributed by atoms with Crippen LogP contribution in [0, 0.1) is 5.92 Å². The number of nitrogens with zero attached hydrogens (tertiary/aromatic N) is 1. The molecule has 1 aromatic carbocycles. The van der Waals surface area contributed by atoms with Crippen molar-refractivity contribution in [1.82, 2.24) is 0 Å². The summed E-state index contributed by atoms with van der Waals surface area (Å²) in [5, 5.41) is 11.5. The van der Waals surface area contributed by atoms with Gasteiger partial charge in [0.25, 0.3) is 0 Å². The standard InChI is InChI=1S/C21H30NO3/c1-22(2)17-12-13-18(22)19(14-17)25-20(23)21(24,16-10-6-7-11-16)15-8-4-3-5-9-15/h3-5,8-9,16-19,24H,6-7,10-14H2,1-2H3/q+1/t17?,18-,19-,21-/m1/s1. The number of esters is 1. The van der Waals surface area contributed by atoms with E-state index < -0.39 is 11.6 Å². The summed E-state index contributed by atoms with van der Waals surface area (Å²) < 4.78 is 6.96. The van der Waals surface area contributed by atoms with Crippen LogP contribution in [0.3, 0.4) is 0 Å². The van der Waals surface area contributed by atoms with Gasteiger partial charge < -0.3 is 14.3 Å². The largest absolute Gasteiger partial charge is 0.453 e. The lowest BCUT2D eigenvalue weighted by molar-refractivity contribution is -0.913. The van der Waals surface area contributed by atoms with E-state index in [2.05, 4.69) is 14.1 Å². The van der Waals surface area contributed by atoms with E-state index >= 15 is 0 Å². The number of benzene rings is 1. The molecule has 0 radical (unpaired) electrons. The Bertz CT molecular complexity index is 638. The van der Waals surface area contributed by atoms with Gasteiger partial charge in [-0.05, 0) is 18.4 Å². The number of hydrogen-bond acceptors (Lipinski definition) is 3. The second-order valence-corrected chi connectivity index (χ2v) is 8.72. The van der Waals surface area contributed by atoms with Gasteiger partial charge in [-0.25, -0.2) is 4.79 Å². The molecule has 0 spiro atoms. The fraction of sp³-hybridized carbons (Fsp3) is 0.667. The molecule has 1 N–H and O–H groups in total. The number of aliphatic hydroxyl groups is 1. The van der Waals surface area contributed by atoms with Crippen molar-refractivity contribution in [2.45, 2.75) is 68.7 Å². The van der Waals surface area contributed by atoms with Gasteiger partial charge in [-0.1, -0.05) is 43.2 Å². The highest BCUT2D eigenvalue weighted by Crippen LogP contribution is 2.46. The summed E-state index contributed by atoms with van der Waals surface area (Å²) in [6, 6.07) is 10.4. The lowest BCUT2D eigenvalue weighted by Gasteiger charge is -2.35. The van der Waals surface area contributed by atoms with Crippen molar-refractivity contribution in [3.63, 3.8) is 0 Å². The molecule has 1 saturated carbocycles. The minimum Gasteiger partial charge on any atom is -0.453 e. The molecule has 25 heavy (non-hydrogen) atoms. The van der Waals surface area contributed by atoms with Gasteiger partial charge in [-0.2, -0.15) is 0 Å². The van der Waals surface area contributed by atoms with E-state index in [0.29, 0.717) is 17.6 Å². The van der Waals surface area contributed by atoms with Crippen LogP contribution in [0.15, 0.2) is 30.3 Å². The minimum atomic E-state index is -1.50. The number of ether oxygens (including phenoxy) is 1. The lowest BCUT2D eigenvalue weighted by atomic mass is 9.80. The number of carbonyl (C=O) groups excluding carboxylic acids is 1. The maximum atomic E-state index is 13.2. The van der Waals surface area contributed by atoms with Crippen LogP contribution in [0.4, 0.5) is 0 Å². The summed E-state index contributed by atoms with van der Waals surface area (Å²) in [5.41, 5.74) is -0.819. The second-order valence-electron chi connectivity index (χ2n) is 8.72. The molecule has 4 rings (SSSR count). The number of carbonyl (C=O) groups is 1. The molecule has 2 aliphatic heterocycles. The van der Waals surface area contributed by atoms with Gasteiger partial charge in [0.15, 0.2) is 11.7 Å². The lowest BCUT2D eigenvalue weighted by Crippen LogP contribution is -2.49. The molecule has 4 nitrogen and oxygen atoms in total. The Kier molecular flexibility index (Phi) is 4.16. The topological polar surface area (TPSA) is 46.5 Å². The normalized spacial score (nSPS) is 33.3. The SMILES string of the molecule is C[N+]1(C)C2CC[C@@H]1[C@H](OC(=O)[C@@](O)(c1ccccc1)C1CCCC1)C2. The van der Waals surface area contributed by atoms with Crippen molar-refractivity contribution in [2.24, 2.45) is 5.92 Å². The van der Waals surface area contributed by atoms with Crippen molar-refractivity contribution in [3.8, 4) is 0 Å². The van der Waals surface area contributed by atoms with Crippen LogP contribution in [0.1, 0.15) is 50.5 Å². The zero-order chi connectivity index (χ0) is 17.7. The summed E-state index contributed by atoms with van der Waals surface area (Å²) in [7, 11) is 4.49. The van der Waals surface area contributed by atoms with E-state index in [4.69, 9.17) is 4.74 Å². The van der Waals surface area contributed by atoms with Gasteiger partial charge in [0.2, 0.25) is 0 Å². The van der Waals surface area contributed by atoms with E-state index in [1.54, 1.807) is 0 Å².